The first-order valence-electron chi connectivity index (χ1n) is 5.70. The lowest BCUT2D eigenvalue weighted by molar-refractivity contribution is 0.0496. The van der Waals surface area contributed by atoms with Crippen molar-refractivity contribution in [2.24, 2.45) is 5.73 Å². The van der Waals surface area contributed by atoms with Gasteiger partial charge in [0, 0.05) is 13.2 Å². The molecule has 0 saturated carbocycles. The van der Waals surface area contributed by atoms with E-state index >= 15 is 0 Å². The Morgan fingerprint density at radius 1 is 1.35 bits per heavy atom. The van der Waals surface area contributed by atoms with Gasteiger partial charge in [-0.25, -0.2) is 9.37 Å². The molecule has 2 heterocycles. The number of aromatic amines is 1. The number of nitrogens with two attached hydrogens (primary N) is 1. The zero-order valence-electron chi connectivity index (χ0n) is 9.37. The van der Waals surface area contributed by atoms with E-state index in [4.69, 9.17) is 10.5 Å². The summed E-state index contributed by atoms with van der Waals surface area (Å²) in [4.78, 5) is 7.56. The summed E-state index contributed by atoms with van der Waals surface area (Å²) in [5.74, 6) is 0.451. The normalized spacial score (nSPS) is 19.6. The number of fused-ring (bicyclic) bond motifs is 1. The van der Waals surface area contributed by atoms with Gasteiger partial charge in [-0.1, -0.05) is 0 Å². The van der Waals surface area contributed by atoms with Crippen LogP contribution in [0, 0.1) is 5.82 Å². The van der Waals surface area contributed by atoms with Gasteiger partial charge in [0.15, 0.2) is 0 Å². The number of rotatable bonds is 1. The molecule has 1 fully saturated rings. The minimum Gasteiger partial charge on any atom is -0.381 e. The highest BCUT2D eigenvalue weighted by Gasteiger charge is 2.33. The van der Waals surface area contributed by atoms with Gasteiger partial charge in [-0.3, -0.25) is 0 Å². The molecule has 3 rings (SSSR count). The van der Waals surface area contributed by atoms with E-state index in [0.29, 0.717) is 18.7 Å². The molecular formula is C12H14FN3O. The summed E-state index contributed by atoms with van der Waals surface area (Å²) in [5.41, 5.74) is 7.28. The highest BCUT2D eigenvalue weighted by molar-refractivity contribution is 5.75. The zero-order valence-corrected chi connectivity index (χ0v) is 9.37. The van der Waals surface area contributed by atoms with E-state index in [1.54, 1.807) is 6.07 Å². The van der Waals surface area contributed by atoms with E-state index in [1.807, 2.05) is 0 Å². The van der Waals surface area contributed by atoms with Crippen LogP contribution < -0.4 is 5.73 Å². The molecule has 0 atom stereocenters. The first kappa shape index (κ1) is 10.7. The Morgan fingerprint density at radius 3 is 2.88 bits per heavy atom. The smallest absolute Gasteiger partial charge is 0.127 e. The molecule has 0 spiro atoms. The lowest BCUT2D eigenvalue weighted by atomic mass is 9.91. The predicted molar refractivity (Wildman–Crippen MR) is 62.0 cm³/mol. The van der Waals surface area contributed by atoms with E-state index in [-0.39, 0.29) is 5.82 Å². The number of imidazole rings is 1. The summed E-state index contributed by atoms with van der Waals surface area (Å²) in [5, 5.41) is 0. The number of aromatic nitrogens is 2. The third-order valence-electron chi connectivity index (χ3n) is 3.30. The number of H-pyrrole nitrogens is 1. The van der Waals surface area contributed by atoms with Crippen LogP contribution in [-0.4, -0.2) is 23.2 Å². The van der Waals surface area contributed by atoms with Gasteiger partial charge < -0.3 is 15.5 Å². The fourth-order valence-corrected chi connectivity index (χ4v) is 2.19. The second kappa shape index (κ2) is 3.78. The van der Waals surface area contributed by atoms with Crippen LogP contribution in [0.25, 0.3) is 11.0 Å². The summed E-state index contributed by atoms with van der Waals surface area (Å²) in [6, 6.07) is 4.50. The van der Waals surface area contributed by atoms with Crippen LogP contribution in [0.1, 0.15) is 18.7 Å². The third kappa shape index (κ3) is 1.81. The quantitative estimate of drug-likeness (QED) is 0.790. The lowest BCUT2D eigenvalue weighted by Crippen LogP contribution is -2.43. The molecule has 0 radical (unpaired) electrons. The maximum Gasteiger partial charge on any atom is 0.127 e. The van der Waals surface area contributed by atoms with E-state index in [9.17, 15) is 4.39 Å². The summed E-state index contributed by atoms with van der Waals surface area (Å²) in [6.45, 7) is 1.28. The van der Waals surface area contributed by atoms with Crippen molar-refractivity contribution in [2.75, 3.05) is 13.2 Å². The van der Waals surface area contributed by atoms with Crippen LogP contribution in [0.2, 0.25) is 0 Å². The fraction of sp³-hybridized carbons (Fsp3) is 0.417. The molecule has 2 aromatic rings. The SMILES string of the molecule is NC1(c2nc3ccc(F)cc3[nH]2)CCOCC1. The van der Waals surface area contributed by atoms with Crippen LogP contribution in [0.5, 0.6) is 0 Å². The molecular weight excluding hydrogens is 221 g/mol. The highest BCUT2D eigenvalue weighted by Crippen LogP contribution is 2.28. The Bertz CT molecular complexity index is 546. The number of benzene rings is 1. The molecule has 4 nitrogen and oxygen atoms in total. The van der Waals surface area contributed by atoms with E-state index in [2.05, 4.69) is 9.97 Å². The molecule has 0 amide bonds. The van der Waals surface area contributed by atoms with Crippen LogP contribution in [-0.2, 0) is 10.3 Å². The van der Waals surface area contributed by atoms with Gasteiger partial charge in [-0.15, -0.1) is 0 Å². The third-order valence-corrected chi connectivity index (χ3v) is 3.30. The second-order valence-electron chi connectivity index (χ2n) is 4.52. The van der Waals surface area contributed by atoms with E-state index in [1.165, 1.54) is 12.1 Å². The van der Waals surface area contributed by atoms with Gasteiger partial charge >= 0.3 is 0 Å². The Morgan fingerprint density at radius 2 is 2.12 bits per heavy atom. The van der Waals surface area contributed by atoms with E-state index < -0.39 is 5.54 Å². The van der Waals surface area contributed by atoms with Crippen LogP contribution in [0.15, 0.2) is 18.2 Å². The summed E-state index contributed by atoms with van der Waals surface area (Å²) in [6.07, 6.45) is 1.46. The lowest BCUT2D eigenvalue weighted by Gasteiger charge is -2.31. The molecule has 90 valence electrons. The first-order chi connectivity index (χ1) is 8.17. The van der Waals surface area contributed by atoms with Crippen LogP contribution in [0.4, 0.5) is 4.39 Å². The van der Waals surface area contributed by atoms with Gasteiger partial charge in [0.2, 0.25) is 0 Å². The number of nitrogens with zero attached hydrogens (tertiary/aromatic N) is 1. The Labute approximate surface area is 98.0 Å². The standard InChI is InChI=1S/C12H14FN3O/c13-8-1-2-9-10(7-8)16-11(15-9)12(14)3-5-17-6-4-12/h1-2,7H,3-6,14H2,(H,15,16). The second-order valence-corrected chi connectivity index (χ2v) is 4.52. The van der Waals surface area contributed by atoms with Gasteiger partial charge in [0.05, 0.1) is 16.6 Å². The van der Waals surface area contributed by atoms with Crippen molar-refractivity contribution < 1.29 is 9.13 Å². The van der Waals surface area contributed by atoms with Gasteiger partial charge in [-0.05, 0) is 31.0 Å². The maximum atomic E-state index is 13.1. The van der Waals surface area contributed by atoms with Crippen molar-refractivity contribution in [3.05, 3.63) is 29.8 Å². The molecule has 1 aliphatic heterocycles. The van der Waals surface area contributed by atoms with Gasteiger partial charge in [0.1, 0.15) is 11.6 Å². The van der Waals surface area contributed by atoms with Crippen molar-refractivity contribution >= 4 is 11.0 Å². The van der Waals surface area contributed by atoms with Crippen molar-refractivity contribution in [1.29, 1.82) is 0 Å². The summed E-state index contributed by atoms with van der Waals surface area (Å²) in [7, 11) is 0. The molecule has 0 unspecified atom stereocenters. The molecule has 1 aliphatic rings. The monoisotopic (exact) mass is 235 g/mol. The predicted octanol–water partition coefficient (Wildman–Crippen LogP) is 1.67. The molecule has 1 aromatic heterocycles. The molecule has 0 bridgehead atoms. The van der Waals surface area contributed by atoms with Crippen LogP contribution in [0.3, 0.4) is 0 Å². The molecule has 0 aliphatic carbocycles. The maximum absolute atomic E-state index is 13.1. The molecule has 17 heavy (non-hydrogen) atoms. The number of hydrogen-bond acceptors (Lipinski definition) is 3. The fourth-order valence-electron chi connectivity index (χ4n) is 2.19. The zero-order chi connectivity index (χ0) is 11.9. The van der Waals surface area contributed by atoms with Gasteiger partial charge in [-0.2, -0.15) is 0 Å². The van der Waals surface area contributed by atoms with Crippen molar-refractivity contribution in [3.63, 3.8) is 0 Å². The minimum atomic E-state index is -0.478. The largest absolute Gasteiger partial charge is 0.381 e. The van der Waals surface area contributed by atoms with Crippen molar-refractivity contribution in [1.82, 2.24) is 9.97 Å². The summed E-state index contributed by atoms with van der Waals surface area (Å²) < 4.78 is 18.4. The Balaban J connectivity index is 2.05. The molecule has 1 saturated heterocycles. The average Bonchev–Trinajstić information content (AvgIpc) is 2.73. The number of halogens is 1. The summed E-state index contributed by atoms with van der Waals surface area (Å²) >= 11 is 0. The average molecular weight is 235 g/mol. The van der Waals surface area contributed by atoms with Crippen LogP contribution >= 0.6 is 0 Å². The molecule has 1 aromatic carbocycles. The first-order valence-corrected chi connectivity index (χ1v) is 5.70. The number of hydrogen-bond donors (Lipinski definition) is 2. The number of ether oxygens (including phenoxy) is 1. The number of nitrogens with one attached hydrogen (secondary N) is 1. The van der Waals surface area contributed by atoms with E-state index in [0.717, 1.165) is 24.2 Å². The highest BCUT2D eigenvalue weighted by atomic mass is 19.1. The minimum absolute atomic E-state index is 0.272. The molecule has 5 heteroatoms. The van der Waals surface area contributed by atoms with Gasteiger partial charge in [0.25, 0.3) is 0 Å². The molecule has 3 N–H and O–H groups in total. The van der Waals surface area contributed by atoms with Crippen molar-refractivity contribution in [2.45, 2.75) is 18.4 Å². The van der Waals surface area contributed by atoms with Crippen molar-refractivity contribution in [3.8, 4) is 0 Å². The Hall–Kier alpha value is -1.46. The topological polar surface area (TPSA) is 63.9 Å². The Kier molecular flexibility index (Phi) is 2.38.